The first-order valence-corrected chi connectivity index (χ1v) is 10.8. The Morgan fingerprint density at radius 1 is 1.00 bits per heavy atom. The van der Waals surface area contributed by atoms with Crippen molar-refractivity contribution in [3.63, 3.8) is 0 Å². The molecule has 1 nitrogen and oxygen atoms in total. The first kappa shape index (κ1) is 14.6. The molecule has 0 unspecified atom stereocenters. The Bertz CT molecular complexity index is 453. The van der Waals surface area contributed by atoms with Crippen molar-refractivity contribution in [2.45, 2.75) is 58.7 Å². The van der Waals surface area contributed by atoms with Gasteiger partial charge in [0.25, 0.3) is 0 Å². The SMILES string of the molecule is CC(C)(C)N[Si](C)(C)[C]1[CH][CH][C]2C=C3CCCC3=C[C]21. The van der Waals surface area contributed by atoms with E-state index < -0.39 is 8.24 Å². The van der Waals surface area contributed by atoms with E-state index in [0.717, 1.165) is 0 Å². The molecule has 2 saturated carbocycles. The van der Waals surface area contributed by atoms with E-state index in [-0.39, 0.29) is 5.54 Å². The molecule has 107 valence electrons. The Kier molecular flexibility index (Phi) is 3.53. The first-order valence-electron chi connectivity index (χ1n) is 7.77. The van der Waals surface area contributed by atoms with Gasteiger partial charge in [-0.25, -0.2) is 0 Å². The molecule has 0 heterocycles. The third-order valence-corrected chi connectivity index (χ3v) is 7.50. The van der Waals surface area contributed by atoms with Crippen molar-refractivity contribution in [1.29, 1.82) is 0 Å². The standard InChI is InChI=1S/C18H26NSi/c1-18(2,3)19-20(4,5)17-10-9-15-11-13-7-6-8-14(13)12-16(15)17/h9-12,19H,6-8H2,1-5H3. The first-order chi connectivity index (χ1) is 9.26. The molecule has 0 atom stereocenters. The zero-order valence-electron chi connectivity index (χ0n) is 13.4. The lowest BCUT2D eigenvalue weighted by atomic mass is 9.85. The Morgan fingerprint density at radius 3 is 2.30 bits per heavy atom. The predicted octanol–water partition coefficient (Wildman–Crippen LogP) is 4.31. The maximum atomic E-state index is 3.90. The molecule has 0 saturated heterocycles. The fourth-order valence-corrected chi connectivity index (χ4v) is 7.23. The van der Waals surface area contributed by atoms with E-state index in [1.54, 1.807) is 16.7 Å². The van der Waals surface area contributed by atoms with Crippen molar-refractivity contribution in [1.82, 2.24) is 4.98 Å². The van der Waals surface area contributed by atoms with Gasteiger partial charge >= 0.3 is 0 Å². The molecular formula is C18H26NSi. The van der Waals surface area contributed by atoms with Crippen LogP contribution < -0.4 is 4.98 Å². The molecule has 0 aromatic carbocycles. The van der Waals surface area contributed by atoms with Crippen LogP contribution in [0.15, 0.2) is 23.3 Å². The van der Waals surface area contributed by atoms with Crippen LogP contribution in [-0.4, -0.2) is 13.8 Å². The molecule has 0 aromatic heterocycles. The number of nitrogens with one attached hydrogen (secondary N) is 1. The molecule has 0 aliphatic heterocycles. The summed E-state index contributed by atoms with van der Waals surface area (Å²) in [4.78, 5) is 3.90. The molecule has 0 amide bonds. The molecule has 20 heavy (non-hydrogen) atoms. The minimum absolute atomic E-state index is 0.177. The normalized spacial score (nSPS) is 25.4. The Hall–Kier alpha value is -0.343. The molecule has 2 fully saturated rings. The van der Waals surface area contributed by atoms with Crippen molar-refractivity contribution in [3.05, 3.63) is 53.5 Å². The van der Waals surface area contributed by atoms with Gasteiger partial charge in [-0.3, -0.25) is 0 Å². The average Bonchev–Trinajstić information content (AvgIpc) is 2.86. The largest absolute Gasteiger partial charge is 0.332 e. The number of allylic oxidation sites excluding steroid dienone is 4. The highest BCUT2D eigenvalue weighted by Gasteiger charge is 2.48. The molecule has 0 aromatic rings. The summed E-state index contributed by atoms with van der Waals surface area (Å²) in [5.41, 5.74) is 4.91. The number of fused-ring (bicyclic) bond motifs is 2. The third kappa shape index (κ3) is 2.69. The van der Waals surface area contributed by atoms with Gasteiger partial charge in [0.15, 0.2) is 0 Å². The van der Waals surface area contributed by atoms with Gasteiger partial charge in [-0.1, -0.05) is 25.2 Å². The highest BCUT2D eigenvalue weighted by Crippen LogP contribution is 2.52. The van der Waals surface area contributed by atoms with Gasteiger partial charge in [0.2, 0.25) is 0 Å². The van der Waals surface area contributed by atoms with Crippen molar-refractivity contribution >= 4 is 8.24 Å². The van der Waals surface area contributed by atoms with Crippen LogP contribution in [0.5, 0.6) is 0 Å². The summed E-state index contributed by atoms with van der Waals surface area (Å²) in [5.74, 6) is 2.94. The summed E-state index contributed by atoms with van der Waals surface area (Å²) in [6, 6.07) is 0. The zero-order chi connectivity index (χ0) is 14.5. The van der Waals surface area contributed by atoms with Crippen molar-refractivity contribution < 1.29 is 0 Å². The zero-order valence-corrected chi connectivity index (χ0v) is 14.4. The summed E-state index contributed by atoms with van der Waals surface area (Å²) >= 11 is 0. The van der Waals surface area contributed by atoms with E-state index in [0.29, 0.717) is 0 Å². The topological polar surface area (TPSA) is 12.0 Å². The molecule has 3 aliphatic carbocycles. The summed E-state index contributed by atoms with van der Waals surface area (Å²) in [5, 5.41) is 0. The Balaban J connectivity index is 1.81. The van der Waals surface area contributed by atoms with Crippen molar-refractivity contribution in [2.75, 3.05) is 0 Å². The van der Waals surface area contributed by atoms with Crippen LogP contribution in [0, 0.1) is 30.2 Å². The van der Waals surface area contributed by atoms with Crippen LogP contribution in [0.25, 0.3) is 0 Å². The molecule has 3 aliphatic rings. The van der Waals surface area contributed by atoms with Gasteiger partial charge < -0.3 is 4.98 Å². The minimum Gasteiger partial charge on any atom is -0.332 e. The van der Waals surface area contributed by atoms with Gasteiger partial charge in [0, 0.05) is 17.4 Å². The molecule has 1 N–H and O–H groups in total. The predicted molar refractivity (Wildman–Crippen MR) is 88.7 cm³/mol. The Morgan fingerprint density at radius 2 is 1.65 bits per heavy atom. The van der Waals surface area contributed by atoms with Crippen LogP contribution in [0.4, 0.5) is 0 Å². The lowest BCUT2D eigenvalue weighted by Gasteiger charge is -2.40. The molecule has 5 radical (unpaired) electrons. The smallest absolute Gasteiger partial charge is 0.127 e. The van der Waals surface area contributed by atoms with E-state index in [9.17, 15) is 0 Å². The van der Waals surface area contributed by atoms with Gasteiger partial charge in [-0.2, -0.15) is 0 Å². The van der Waals surface area contributed by atoms with E-state index >= 15 is 0 Å². The lowest BCUT2D eigenvalue weighted by Crippen LogP contribution is -2.58. The van der Waals surface area contributed by atoms with Gasteiger partial charge in [0.05, 0.1) is 0 Å². The Labute approximate surface area is 126 Å². The second-order valence-electron chi connectivity index (χ2n) is 7.81. The highest BCUT2D eigenvalue weighted by atomic mass is 28.3. The molecule has 2 heteroatoms. The van der Waals surface area contributed by atoms with Crippen LogP contribution >= 0.6 is 0 Å². The van der Waals surface area contributed by atoms with Crippen molar-refractivity contribution in [3.8, 4) is 0 Å². The molecule has 3 rings (SSSR count). The average molecular weight is 284 g/mol. The van der Waals surface area contributed by atoms with E-state index in [1.807, 2.05) is 0 Å². The number of rotatable bonds is 2. The van der Waals surface area contributed by atoms with Crippen molar-refractivity contribution in [2.24, 2.45) is 0 Å². The van der Waals surface area contributed by atoms with Crippen LogP contribution in [0.1, 0.15) is 40.0 Å². The van der Waals surface area contributed by atoms with Crippen LogP contribution in [0.3, 0.4) is 0 Å². The maximum absolute atomic E-state index is 3.90. The van der Waals surface area contributed by atoms with Crippen LogP contribution in [0.2, 0.25) is 13.1 Å². The summed E-state index contributed by atoms with van der Waals surface area (Å²) in [7, 11) is -1.61. The van der Waals surface area contributed by atoms with E-state index in [4.69, 9.17) is 0 Å². The molecule has 0 bridgehead atoms. The van der Waals surface area contributed by atoms with Gasteiger partial charge in [0.1, 0.15) is 8.24 Å². The second-order valence-corrected chi connectivity index (χ2v) is 11.8. The third-order valence-electron chi connectivity index (χ3n) is 4.34. The molecular weight excluding hydrogens is 258 g/mol. The minimum atomic E-state index is -1.61. The fraction of sp³-hybridized carbons (Fsp3) is 0.500. The fourth-order valence-electron chi connectivity index (χ4n) is 3.83. The van der Waals surface area contributed by atoms with E-state index in [1.165, 1.54) is 31.1 Å². The van der Waals surface area contributed by atoms with Gasteiger partial charge in [-0.05, 0) is 69.6 Å². The second kappa shape index (κ2) is 4.84. The number of hydrogen-bond donors (Lipinski definition) is 1. The lowest BCUT2D eigenvalue weighted by molar-refractivity contribution is 0.512. The summed E-state index contributed by atoms with van der Waals surface area (Å²) < 4.78 is 0. The highest BCUT2D eigenvalue weighted by molar-refractivity contribution is 6.82. The van der Waals surface area contributed by atoms with Gasteiger partial charge in [-0.15, -0.1) is 0 Å². The van der Waals surface area contributed by atoms with Crippen LogP contribution in [-0.2, 0) is 0 Å². The monoisotopic (exact) mass is 284 g/mol. The van der Waals surface area contributed by atoms with E-state index in [2.05, 4.69) is 63.8 Å². The molecule has 0 spiro atoms. The maximum Gasteiger partial charge on any atom is 0.127 e. The quantitative estimate of drug-likeness (QED) is 0.745. The summed E-state index contributed by atoms with van der Waals surface area (Å²) in [6.45, 7) is 11.7. The summed E-state index contributed by atoms with van der Waals surface area (Å²) in [6.07, 6.45) is 13.5. The number of hydrogen-bond acceptors (Lipinski definition) is 1.